The van der Waals surface area contributed by atoms with Crippen LogP contribution in [0.15, 0.2) is 30.3 Å². The van der Waals surface area contributed by atoms with Crippen LogP contribution in [0.3, 0.4) is 0 Å². The number of hydrogen-bond acceptors (Lipinski definition) is 3. The molecule has 1 aliphatic carbocycles. The van der Waals surface area contributed by atoms with Gasteiger partial charge in [0.15, 0.2) is 0 Å². The molecule has 2 aliphatic rings. The molecule has 5 nitrogen and oxygen atoms in total. The summed E-state index contributed by atoms with van der Waals surface area (Å²) < 4.78 is 0. The number of aliphatic hydroxyl groups excluding tert-OH is 1. The second-order valence-corrected chi connectivity index (χ2v) is 7.17. The predicted molar refractivity (Wildman–Crippen MR) is 95.8 cm³/mol. The highest BCUT2D eigenvalue weighted by Crippen LogP contribution is 2.26. The lowest BCUT2D eigenvalue weighted by atomic mass is 9.88. The first-order valence-electron chi connectivity index (χ1n) is 9.44. The molecule has 1 atom stereocenters. The molecule has 2 fully saturated rings. The first-order valence-corrected chi connectivity index (χ1v) is 9.44. The van der Waals surface area contributed by atoms with Crippen LogP contribution in [-0.4, -0.2) is 52.9 Å². The van der Waals surface area contributed by atoms with Gasteiger partial charge in [0.2, 0.25) is 11.8 Å². The highest BCUT2D eigenvalue weighted by molar-refractivity contribution is 5.80. The van der Waals surface area contributed by atoms with E-state index in [1.165, 1.54) is 6.42 Å². The molecular formula is C20H28N2O3. The lowest BCUT2D eigenvalue weighted by Gasteiger charge is -2.37. The van der Waals surface area contributed by atoms with Crippen LogP contribution in [0.4, 0.5) is 0 Å². The average Bonchev–Trinajstić information content (AvgIpc) is 2.69. The fraction of sp³-hybridized carbons (Fsp3) is 0.600. The number of benzene rings is 1. The van der Waals surface area contributed by atoms with Crippen molar-refractivity contribution in [2.24, 2.45) is 5.92 Å². The summed E-state index contributed by atoms with van der Waals surface area (Å²) in [6, 6.07) is 9.27. The van der Waals surface area contributed by atoms with Crippen molar-refractivity contribution in [1.29, 1.82) is 0 Å². The summed E-state index contributed by atoms with van der Waals surface area (Å²) in [6.07, 6.45) is 4.92. The molecular weight excluding hydrogens is 316 g/mol. The van der Waals surface area contributed by atoms with Gasteiger partial charge in [-0.05, 0) is 18.4 Å². The maximum atomic E-state index is 12.6. The Hall–Kier alpha value is -1.88. The van der Waals surface area contributed by atoms with Gasteiger partial charge in [-0.3, -0.25) is 9.59 Å². The third-order valence-corrected chi connectivity index (χ3v) is 5.45. The molecule has 1 saturated carbocycles. The lowest BCUT2D eigenvalue weighted by molar-refractivity contribution is -0.143. The molecule has 5 heteroatoms. The number of carbonyl (C=O) groups is 2. The SMILES string of the molecule is O=C(CC(O)c1ccccc1)N1CCN(C(=O)C2CCCCC2)CC1. The average molecular weight is 344 g/mol. The van der Waals surface area contributed by atoms with E-state index in [-0.39, 0.29) is 24.2 Å². The zero-order valence-corrected chi connectivity index (χ0v) is 14.8. The maximum Gasteiger partial charge on any atom is 0.225 e. The maximum absolute atomic E-state index is 12.6. The molecule has 1 unspecified atom stereocenters. The molecule has 0 spiro atoms. The van der Waals surface area contributed by atoms with Crippen LogP contribution in [0.5, 0.6) is 0 Å². The molecule has 1 aromatic rings. The van der Waals surface area contributed by atoms with Gasteiger partial charge in [0.05, 0.1) is 12.5 Å². The van der Waals surface area contributed by atoms with Crippen molar-refractivity contribution in [1.82, 2.24) is 9.80 Å². The largest absolute Gasteiger partial charge is 0.388 e. The molecule has 1 N–H and O–H groups in total. The van der Waals surface area contributed by atoms with Crippen LogP contribution in [0.1, 0.15) is 50.2 Å². The minimum absolute atomic E-state index is 0.0406. The number of aliphatic hydroxyl groups is 1. The second kappa shape index (κ2) is 8.48. The van der Waals surface area contributed by atoms with Gasteiger partial charge < -0.3 is 14.9 Å². The molecule has 3 rings (SSSR count). The van der Waals surface area contributed by atoms with Crippen LogP contribution in [0.2, 0.25) is 0 Å². The van der Waals surface area contributed by atoms with Gasteiger partial charge in [0.1, 0.15) is 0 Å². The molecule has 0 bridgehead atoms. The highest BCUT2D eigenvalue weighted by Gasteiger charge is 2.30. The Kier molecular flexibility index (Phi) is 6.08. The molecule has 136 valence electrons. The van der Waals surface area contributed by atoms with Crippen molar-refractivity contribution in [3.05, 3.63) is 35.9 Å². The van der Waals surface area contributed by atoms with Crippen molar-refractivity contribution < 1.29 is 14.7 Å². The third-order valence-electron chi connectivity index (χ3n) is 5.45. The molecule has 0 aromatic heterocycles. The smallest absolute Gasteiger partial charge is 0.225 e. The van der Waals surface area contributed by atoms with Crippen molar-refractivity contribution >= 4 is 11.8 Å². The standard InChI is InChI=1S/C20H28N2O3/c23-18(16-7-3-1-4-8-16)15-19(24)21-11-13-22(14-12-21)20(25)17-9-5-2-6-10-17/h1,3-4,7-8,17-18,23H,2,5-6,9-15H2. The van der Waals surface area contributed by atoms with Gasteiger partial charge >= 0.3 is 0 Å². The fourth-order valence-electron chi connectivity index (χ4n) is 3.87. The summed E-state index contributed by atoms with van der Waals surface area (Å²) >= 11 is 0. The molecule has 0 radical (unpaired) electrons. The summed E-state index contributed by atoms with van der Waals surface area (Å²) in [5, 5.41) is 10.2. The monoisotopic (exact) mass is 344 g/mol. The first kappa shape index (κ1) is 17.9. The quantitative estimate of drug-likeness (QED) is 0.912. The Labute approximate surface area is 149 Å². The Morgan fingerprint density at radius 1 is 0.960 bits per heavy atom. The summed E-state index contributed by atoms with van der Waals surface area (Å²) in [7, 11) is 0. The Bertz CT molecular complexity index is 576. The van der Waals surface area contributed by atoms with Crippen molar-refractivity contribution in [3.8, 4) is 0 Å². The van der Waals surface area contributed by atoms with Gasteiger partial charge in [-0.2, -0.15) is 0 Å². The van der Waals surface area contributed by atoms with Crippen molar-refractivity contribution in [3.63, 3.8) is 0 Å². The molecule has 2 amide bonds. The number of rotatable bonds is 4. The van der Waals surface area contributed by atoms with Gasteiger partial charge in [-0.15, -0.1) is 0 Å². The van der Waals surface area contributed by atoms with E-state index in [0.717, 1.165) is 31.2 Å². The Morgan fingerprint density at radius 2 is 1.56 bits per heavy atom. The van der Waals surface area contributed by atoms with E-state index in [9.17, 15) is 14.7 Å². The summed E-state index contributed by atoms with van der Waals surface area (Å²) in [6.45, 7) is 2.36. The topological polar surface area (TPSA) is 60.9 Å². The van der Waals surface area contributed by atoms with Crippen LogP contribution >= 0.6 is 0 Å². The van der Waals surface area contributed by atoms with E-state index in [2.05, 4.69) is 0 Å². The van der Waals surface area contributed by atoms with Gasteiger partial charge in [0, 0.05) is 32.1 Å². The van der Waals surface area contributed by atoms with Crippen LogP contribution < -0.4 is 0 Å². The summed E-state index contributed by atoms with van der Waals surface area (Å²) in [4.78, 5) is 28.7. The summed E-state index contributed by atoms with van der Waals surface area (Å²) in [5.74, 6) is 0.424. The lowest BCUT2D eigenvalue weighted by Crippen LogP contribution is -2.52. The van der Waals surface area contributed by atoms with Crippen LogP contribution in [0, 0.1) is 5.92 Å². The molecule has 25 heavy (non-hydrogen) atoms. The second-order valence-electron chi connectivity index (χ2n) is 7.17. The minimum atomic E-state index is -0.768. The third kappa shape index (κ3) is 4.60. The van der Waals surface area contributed by atoms with E-state index in [1.807, 2.05) is 35.2 Å². The Morgan fingerprint density at radius 3 is 2.20 bits per heavy atom. The number of piperazine rings is 1. The molecule has 1 saturated heterocycles. The highest BCUT2D eigenvalue weighted by atomic mass is 16.3. The number of carbonyl (C=O) groups excluding carboxylic acids is 2. The van der Waals surface area contributed by atoms with Crippen LogP contribution in [-0.2, 0) is 9.59 Å². The zero-order valence-electron chi connectivity index (χ0n) is 14.8. The van der Waals surface area contributed by atoms with Gasteiger partial charge in [-0.25, -0.2) is 0 Å². The van der Waals surface area contributed by atoms with E-state index >= 15 is 0 Å². The predicted octanol–water partition coefficient (Wildman–Crippen LogP) is 2.36. The minimum Gasteiger partial charge on any atom is -0.388 e. The number of amides is 2. The molecule has 1 aliphatic heterocycles. The molecule has 1 aromatic carbocycles. The Balaban J connectivity index is 1.46. The number of hydrogen-bond donors (Lipinski definition) is 1. The van der Waals surface area contributed by atoms with Crippen molar-refractivity contribution in [2.45, 2.75) is 44.6 Å². The van der Waals surface area contributed by atoms with E-state index < -0.39 is 6.10 Å². The fourth-order valence-corrected chi connectivity index (χ4v) is 3.87. The number of nitrogens with zero attached hydrogens (tertiary/aromatic N) is 2. The summed E-state index contributed by atoms with van der Waals surface area (Å²) in [5.41, 5.74) is 0.766. The zero-order chi connectivity index (χ0) is 17.6. The van der Waals surface area contributed by atoms with E-state index in [4.69, 9.17) is 0 Å². The van der Waals surface area contributed by atoms with Crippen molar-refractivity contribution in [2.75, 3.05) is 26.2 Å². The van der Waals surface area contributed by atoms with Gasteiger partial charge in [-0.1, -0.05) is 49.6 Å². The van der Waals surface area contributed by atoms with E-state index in [0.29, 0.717) is 26.2 Å². The van der Waals surface area contributed by atoms with Gasteiger partial charge in [0.25, 0.3) is 0 Å². The normalized spacial score (nSPS) is 20.4. The first-order chi connectivity index (χ1) is 12.1. The van der Waals surface area contributed by atoms with Crippen LogP contribution in [0.25, 0.3) is 0 Å². The molecule has 1 heterocycles. The van der Waals surface area contributed by atoms with E-state index in [1.54, 1.807) is 4.90 Å².